The first-order valence-corrected chi connectivity index (χ1v) is 7.72. The van der Waals surface area contributed by atoms with Crippen LogP contribution < -0.4 is 0 Å². The zero-order chi connectivity index (χ0) is 14.0. The quantitative estimate of drug-likeness (QED) is 0.777. The summed E-state index contributed by atoms with van der Waals surface area (Å²) in [5, 5.41) is 2.01. The van der Waals surface area contributed by atoms with Crippen molar-refractivity contribution in [1.29, 1.82) is 0 Å². The molecule has 1 heterocycles. The van der Waals surface area contributed by atoms with E-state index >= 15 is 0 Å². The van der Waals surface area contributed by atoms with Gasteiger partial charge in [-0.2, -0.15) is 0 Å². The fourth-order valence-corrected chi connectivity index (χ4v) is 3.63. The molecule has 0 saturated heterocycles. The fourth-order valence-electron chi connectivity index (χ4n) is 2.07. The molecule has 0 atom stereocenters. The average molecular weight is 295 g/mol. The summed E-state index contributed by atoms with van der Waals surface area (Å²) in [6.07, 6.45) is 0. The first-order chi connectivity index (χ1) is 9.02. The Labute approximate surface area is 124 Å². The van der Waals surface area contributed by atoms with Crippen molar-refractivity contribution in [1.82, 2.24) is 9.55 Å². The lowest BCUT2D eigenvalue weighted by molar-refractivity contribution is 0.664. The van der Waals surface area contributed by atoms with Gasteiger partial charge in [-0.05, 0) is 38.0 Å². The van der Waals surface area contributed by atoms with E-state index in [4.69, 9.17) is 16.6 Å². The number of hydrogen-bond acceptors (Lipinski definition) is 2. The number of benzene rings is 1. The molecule has 0 aliphatic carbocycles. The van der Waals surface area contributed by atoms with Gasteiger partial charge in [0.1, 0.15) is 10.9 Å². The second-order valence-corrected chi connectivity index (χ2v) is 6.31. The van der Waals surface area contributed by atoms with Crippen LogP contribution in [0.3, 0.4) is 0 Å². The monoisotopic (exact) mass is 294 g/mol. The molecule has 0 saturated carbocycles. The van der Waals surface area contributed by atoms with Gasteiger partial charge in [0, 0.05) is 16.5 Å². The maximum Gasteiger partial charge on any atom is 0.106 e. The minimum absolute atomic E-state index is 0.424. The van der Waals surface area contributed by atoms with Crippen LogP contribution in [0, 0.1) is 6.92 Å². The Hall–Kier alpha value is -0.930. The summed E-state index contributed by atoms with van der Waals surface area (Å²) in [6, 6.07) is 7.97. The molecule has 2 aromatic rings. The molecule has 2 nitrogen and oxygen atoms in total. The van der Waals surface area contributed by atoms with Gasteiger partial charge in [0.25, 0.3) is 0 Å². The van der Waals surface area contributed by atoms with Gasteiger partial charge in [-0.3, -0.25) is 0 Å². The molecular formula is C15H19ClN2S. The standard InChI is InChI=1S/C15H19ClN2S/c1-5-18-11(4)17-14(10(2)3)15(18)19-13-8-6-7-12(16)9-13/h6-10H,5H2,1-4H3. The molecule has 0 radical (unpaired) electrons. The third kappa shape index (κ3) is 3.15. The molecule has 19 heavy (non-hydrogen) atoms. The van der Waals surface area contributed by atoms with Crippen LogP contribution in [0.4, 0.5) is 0 Å². The van der Waals surface area contributed by atoms with Gasteiger partial charge < -0.3 is 4.57 Å². The number of rotatable bonds is 4. The molecule has 1 aromatic carbocycles. The Kier molecular flexibility index (Phi) is 4.58. The summed E-state index contributed by atoms with van der Waals surface area (Å²) >= 11 is 7.80. The molecule has 0 spiro atoms. The van der Waals surface area contributed by atoms with Crippen molar-refractivity contribution in [2.24, 2.45) is 0 Å². The lowest BCUT2D eigenvalue weighted by atomic mass is 10.1. The van der Waals surface area contributed by atoms with Gasteiger partial charge in [-0.15, -0.1) is 0 Å². The number of halogens is 1. The van der Waals surface area contributed by atoms with Crippen molar-refractivity contribution in [2.45, 2.75) is 50.1 Å². The highest BCUT2D eigenvalue weighted by atomic mass is 35.5. The lowest BCUT2D eigenvalue weighted by Crippen LogP contribution is -1.99. The molecule has 1 aromatic heterocycles. The molecule has 102 valence electrons. The summed E-state index contributed by atoms with van der Waals surface area (Å²) < 4.78 is 2.26. The van der Waals surface area contributed by atoms with Crippen LogP contribution in [0.15, 0.2) is 34.2 Å². The van der Waals surface area contributed by atoms with Gasteiger partial charge in [-0.25, -0.2) is 4.98 Å². The SMILES string of the molecule is CCn1c(C)nc(C(C)C)c1Sc1cccc(Cl)c1. The minimum atomic E-state index is 0.424. The Morgan fingerprint density at radius 2 is 2.11 bits per heavy atom. The maximum absolute atomic E-state index is 6.06. The van der Waals surface area contributed by atoms with Gasteiger partial charge in [0.05, 0.1) is 5.69 Å². The molecule has 0 aliphatic rings. The molecule has 0 amide bonds. The van der Waals surface area contributed by atoms with Crippen molar-refractivity contribution >= 4 is 23.4 Å². The van der Waals surface area contributed by atoms with E-state index in [0.717, 1.165) is 22.3 Å². The highest BCUT2D eigenvalue weighted by Crippen LogP contribution is 2.35. The van der Waals surface area contributed by atoms with Gasteiger partial charge in [0.15, 0.2) is 0 Å². The van der Waals surface area contributed by atoms with E-state index in [1.807, 2.05) is 18.2 Å². The zero-order valence-electron chi connectivity index (χ0n) is 11.8. The number of aromatic nitrogens is 2. The largest absolute Gasteiger partial charge is 0.323 e. The van der Waals surface area contributed by atoms with Crippen LogP contribution in [0.2, 0.25) is 5.02 Å². The predicted molar refractivity (Wildman–Crippen MR) is 82.3 cm³/mol. The molecule has 0 fully saturated rings. The smallest absolute Gasteiger partial charge is 0.106 e. The van der Waals surface area contributed by atoms with Gasteiger partial charge in [-0.1, -0.05) is 43.3 Å². The molecule has 0 aliphatic heterocycles. The van der Waals surface area contributed by atoms with Crippen LogP contribution >= 0.6 is 23.4 Å². The Bertz CT molecular complexity index is 576. The summed E-state index contributed by atoms with van der Waals surface area (Å²) in [7, 11) is 0. The lowest BCUT2D eigenvalue weighted by Gasteiger charge is -2.10. The topological polar surface area (TPSA) is 17.8 Å². The number of aryl methyl sites for hydroxylation is 1. The van der Waals surface area contributed by atoms with Crippen LogP contribution in [0.1, 0.15) is 38.2 Å². The molecule has 0 unspecified atom stereocenters. The summed E-state index contributed by atoms with van der Waals surface area (Å²) in [5.41, 5.74) is 1.17. The molecule has 0 bridgehead atoms. The first-order valence-electron chi connectivity index (χ1n) is 6.53. The highest BCUT2D eigenvalue weighted by Gasteiger charge is 2.17. The summed E-state index contributed by atoms with van der Waals surface area (Å²) in [6.45, 7) is 9.53. The van der Waals surface area contributed by atoms with Crippen LogP contribution in [0.25, 0.3) is 0 Å². The van der Waals surface area contributed by atoms with Crippen LogP contribution in [0.5, 0.6) is 0 Å². The van der Waals surface area contributed by atoms with Crippen molar-refractivity contribution in [3.63, 3.8) is 0 Å². The van der Waals surface area contributed by atoms with E-state index in [1.54, 1.807) is 11.8 Å². The van der Waals surface area contributed by atoms with Gasteiger partial charge >= 0.3 is 0 Å². The molecular weight excluding hydrogens is 276 g/mol. The average Bonchev–Trinajstić information content (AvgIpc) is 2.66. The molecule has 2 rings (SSSR count). The Morgan fingerprint density at radius 3 is 2.68 bits per heavy atom. The third-order valence-electron chi connectivity index (χ3n) is 3.01. The number of hydrogen-bond donors (Lipinski definition) is 0. The van der Waals surface area contributed by atoms with Crippen molar-refractivity contribution in [2.75, 3.05) is 0 Å². The fraction of sp³-hybridized carbons (Fsp3) is 0.400. The second kappa shape index (κ2) is 6.02. The van der Waals surface area contributed by atoms with E-state index in [1.165, 1.54) is 10.7 Å². The Balaban J connectivity index is 2.43. The number of nitrogens with zero attached hydrogens (tertiary/aromatic N) is 2. The number of imidazole rings is 1. The highest BCUT2D eigenvalue weighted by molar-refractivity contribution is 7.99. The maximum atomic E-state index is 6.06. The third-order valence-corrected chi connectivity index (χ3v) is 4.36. The van der Waals surface area contributed by atoms with Gasteiger partial charge in [0.2, 0.25) is 0 Å². The zero-order valence-corrected chi connectivity index (χ0v) is 13.3. The summed E-state index contributed by atoms with van der Waals surface area (Å²) in [5.74, 6) is 1.50. The Morgan fingerprint density at radius 1 is 1.37 bits per heavy atom. The van der Waals surface area contributed by atoms with Crippen LogP contribution in [-0.4, -0.2) is 9.55 Å². The van der Waals surface area contributed by atoms with E-state index in [0.29, 0.717) is 5.92 Å². The van der Waals surface area contributed by atoms with Crippen LogP contribution in [-0.2, 0) is 6.54 Å². The van der Waals surface area contributed by atoms with Crippen molar-refractivity contribution < 1.29 is 0 Å². The van der Waals surface area contributed by atoms with Crippen molar-refractivity contribution in [3.05, 3.63) is 40.8 Å². The van der Waals surface area contributed by atoms with Crippen molar-refractivity contribution in [3.8, 4) is 0 Å². The van der Waals surface area contributed by atoms with E-state index in [9.17, 15) is 0 Å². The minimum Gasteiger partial charge on any atom is -0.323 e. The first kappa shape index (κ1) is 14.5. The predicted octanol–water partition coefficient (Wildman–Crippen LogP) is 5.14. The second-order valence-electron chi connectivity index (χ2n) is 4.81. The van der Waals surface area contributed by atoms with E-state index < -0.39 is 0 Å². The van der Waals surface area contributed by atoms with E-state index in [2.05, 4.69) is 38.3 Å². The summed E-state index contributed by atoms with van der Waals surface area (Å²) in [4.78, 5) is 5.87. The normalized spacial score (nSPS) is 11.3. The molecule has 4 heteroatoms. The molecule has 0 N–H and O–H groups in total. The van der Waals surface area contributed by atoms with E-state index in [-0.39, 0.29) is 0 Å².